The van der Waals surface area contributed by atoms with Gasteiger partial charge < -0.3 is 0 Å². The fraction of sp³-hybridized carbons (Fsp3) is 0.562. The molecule has 0 N–H and O–H groups in total. The molecule has 0 aromatic heterocycles. The lowest BCUT2D eigenvalue weighted by Crippen LogP contribution is -2.18. The van der Waals surface area contributed by atoms with Crippen molar-refractivity contribution in [3.05, 3.63) is 34.9 Å². The van der Waals surface area contributed by atoms with Gasteiger partial charge in [0, 0.05) is 0 Å². The molecule has 0 aliphatic rings. The quantitative estimate of drug-likeness (QED) is 0.751. The molecule has 1 aromatic carbocycles. The Balaban J connectivity index is 3.47. The Morgan fingerprint density at radius 2 is 1.56 bits per heavy atom. The van der Waals surface area contributed by atoms with Crippen molar-refractivity contribution in [2.75, 3.05) is 0 Å². The average Bonchev–Trinajstić information content (AvgIpc) is 2.27. The van der Waals surface area contributed by atoms with Crippen molar-refractivity contribution in [2.24, 2.45) is 0 Å². The zero-order valence-corrected chi connectivity index (χ0v) is 12.1. The predicted molar refractivity (Wildman–Crippen MR) is 73.3 cm³/mol. The Kier molecular flexibility index (Phi) is 3.86. The van der Waals surface area contributed by atoms with Crippen LogP contribution in [-0.2, 0) is 11.1 Å². The van der Waals surface area contributed by atoms with E-state index in [1.54, 1.807) is 13.8 Å². The number of nitriles is 1. The zero-order chi connectivity index (χ0) is 14.1. The Hall–Kier alpha value is -1.36. The van der Waals surface area contributed by atoms with Gasteiger partial charge in [0.15, 0.2) is 0 Å². The van der Waals surface area contributed by atoms with Gasteiger partial charge in [0.1, 0.15) is 5.67 Å². The van der Waals surface area contributed by atoms with Crippen LogP contribution in [0.25, 0.3) is 0 Å². The molecule has 2 heteroatoms. The second-order valence-corrected chi connectivity index (χ2v) is 6.21. The number of hydrogen-bond donors (Lipinski definition) is 0. The summed E-state index contributed by atoms with van der Waals surface area (Å²) in [6.07, 6.45) is 0. The smallest absolute Gasteiger partial charge is 0.130 e. The molecule has 1 aromatic rings. The Labute approximate surface area is 110 Å². The number of halogens is 1. The van der Waals surface area contributed by atoms with Gasteiger partial charge in [-0.15, -0.1) is 0 Å². The lowest BCUT2D eigenvalue weighted by molar-refractivity contribution is 0.221. The molecule has 1 rings (SSSR count). The van der Waals surface area contributed by atoms with E-state index in [0.717, 1.165) is 11.1 Å². The van der Waals surface area contributed by atoms with Crippen molar-refractivity contribution in [1.82, 2.24) is 0 Å². The molecule has 0 aliphatic carbocycles. The second-order valence-electron chi connectivity index (χ2n) is 6.21. The summed E-state index contributed by atoms with van der Waals surface area (Å²) >= 11 is 0. The number of nitrogens with zero attached hydrogens (tertiary/aromatic N) is 1. The number of rotatable bonds is 3. The predicted octanol–water partition coefficient (Wildman–Crippen LogP) is 4.82. The van der Waals surface area contributed by atoms with E-state index in [0.29, 0.717) is 11.5 Å². The van der Waals surface area contributed by atoms with Crippen LogP contribution in [0.15, 0.2) is 18.2 Å². The lowest BCUT2D eigenvalue weighted by atomic mass is 9.81. The largest absolute Gasteiger partial charge is 0.239 e. The van der Waals surface area contributed by atoms with E-state index in [1.165, 1.54) is 0 Å². The highest BCUT2D eigenvalue weighted by Gasteiger charge is 2.26. The van der Waals surface area contributed by atoms with Crippen LogP contribution in [0.5, 0.6) is 0 Å². The summed E-state index contributed by atoms with van der Waals surface area (Å²) in [5, 5.41) is 9.23. The molecule has 0 fully saturated rings. The minimum atomic E-state index is -1.38. The second kappa shape index (κ2) is 4.72. The van der Waals surface area contributed by atoms with E-state index in [1.807, 2.05) is 32.0 Å². The minimum Gasteiger partial charge on any atom is -0.239 e. The highest BCUT2D eigenvalue weighted by Crippen LogP contribution is 2.33. The highest BCUT2D eigenvalue weighted by molar-refractivity contribution is 5.40. The normalized spacial score (nSPS) is 12.6. The summed E-state index contributed by atoms with van der Waals surface area (Å²) in [5.41, 5.74) is 0.635. The Morgan fingerprint density at radius 3 is 1.94 bits per heavy atom. The molecule has 0 saturated heterocycles. The minimum absolute atomic E-state index is 0.320. The van der Waals surface area contributed by atoms with Gasteiger partial charge in [0.2, 0.25) is 0 Å². The van der Waals surface area contributed by atoms with Gasteiger partial charge in [0.05, 0.1) is 11.5 Å². The first-order chi connectivity index (χ1) is 8.08. The first-order valence-electron chi connectivity index (χ1n) is 6.34. The van der Waals surface area contributed by atoms with Crippen LogP contribution in [0.2, 0.25) is 0 Å². The molecule has 0 bridgehead atoms. The maximum atomic E-state index is 14.2. The molecule has 0 heterocycles. The molecule has 0 radical (unpaired) electrons. The van der Waals surface area contributed by atoms with E-state index in [2.05, 4.69) is 19.9 Å². The third kappa shape index (κ3) is 3.10. The van der Waals surface area contributed by atoms with Crippen LogP contribution in [0.1, 0.15) is 64.2 Å². The summed E-state index contributed by atoms with van der Waals surface area (Å²) in [6, 6.07) is 8.02. The van der Waals surface area contributed by atoms with Crippen LogP contribution < -0.4 is 0 Å². The molecule has 0 unspecified atom stereocenters. The molecule has 18 heavy (non-hydrogen) atoms. The molecule has 1 nitrogen and oxygen atoms in total. The van der Waals surface area contributed by atoms with Gasteiger partial charge in [-0.2, -0.15) is 5.26 Å². The fourth-order valence-electron chi connectivity index (χ4n) is 1.75. The standard InChI is InChI=1S/C16H22FN/c1-11(2)12-7-13(15(3,4)10-18)9-14(8-12)16(5,6)17/h7-9,11H,1-6H3. The van der Waals surface area contributed by atoms with Gasteiger partial charge in [0.25, 0.3) is 0 Å². The van der Waals surface area contributed by atoms with Crippen molar-refractivity contribution in [2.45, 2.75) is 58.5 Å². The molecular weight excluding hydrogens is 225 g/mol. The van der Waals surface area contributed by atoms with E-state index < -0.39 is 11.1 Å². The topological polar surface area (TPSA) is 23.8 Å². The van der Waals surface area contributed by atoms with E-state index in [-0.39, 0.29) is 0 Å². The molecule has 0 saturated carbocycles. The summed E-state index contributed by atoms with van der Waals surface area (Å²) < 4.78 is 14.2. The number of hydrogen-bond acceptors (Lipinski definition) is 1. The monoisotopic (exact) mass is 247 g/mol. The molecule has 0 amide bonds. The van der Waals surface area contributed by atoms with Gasteiger partial charge >= 0.3 is 0 Å². The fourth-order valence-corrected chi connectivity index (χ4v) is 1.75. The zero-order valence-electron chi connectivity index (χ0n) is 12.1. The lowest BCUT2D eigenvalue weighted by Gasteiger charge is -2.23. The first-order valence-corrected chi connectivity index (χ1v) is 6.34. The van der Waals surface area contributed by atoms with Crippen molar-refractivity contribution in [1.29, 1.82) is 5.26 Å². The van der Waals surface area contributed by atoms with Crippen molar-refractivity contribution < 1.29 is 4.39 Å². The van der Waals surface area contributed by atoms with Crippen molar-refractivity contribution in [3.8, 4) is 6.07 Å². The Bertz CT molecular complexity index is 473. The van der Waals surface area contributed by atoms with E-state index in [9.17, 15) is 9.65 Å². The van der Waals surface area contributed by atoms with Crippen LogP contribution in [-0.4, -0.2) is 0 Å². The number of alkyl halides is 1. The third-order valence-corrected chi connectivity index (χ3v) is 3.31. The summed E-state index contributed by atoms with van der Waals surface area (Å²) in [6.45, 7) is 11.0. The van der Waals surface area contributed by atoms with Gasteiger partial charge in [-0.3, -0.25) is 0 Å². The molecular formula is C16H22FN. The van der Waals surface area contributed by atoms with Gasteiger partial charge in [-0.1, -0.05) is 32.0 Å². The molecule has 0 aliphatic heterocycles. The van der Waals surface area contributed by atoms with Crippen molar-refractivity contribution >= 4 is 0 Å². The maximum Gasteiger partial charge on any atom is 0.130 e. The number of benzene rings is 1. The average molecular weight is 247 g/mol. The summed E-state index contributed by atoms with van der Waals surface area (Å²) in [4.78, 5) is 0. The van der Waals surface area contributed by atoms with Crippen molar-refractivity contribution in [3.63, 3.8) is 0 Å². The SMILES string of the molecule is CC(C)c1cc(C(C)(C)F)cc(C(C)(C)C#N)c1. The van der Waals surface area contributed by atoms with Crippen LogP contribution >= 0.6 is 0 Å². The molecule has 0 atom stereocenters. The van der Waals surface area contributed by atoms with E-state index in [4.69, 9.17) is 0 Å². The van der Waals surface area contributed by atoms with Crippen LogP contribution in [0, 0.1) is 11.3 Å². The first kappa shape index (κ1) is 14.7. The van der Waals surface area contributed by atoms with Crippen LogP contribution in [0.4, 0.5) is 4.39 Å². The van der Waals surface area contributed by atoms with Crippen LogP contribution in [0.3, 0.4) is 0 Å². The van der Waals surface area contributed by atoms with E-state index >= 15 is 0 Å². The maximum absolute atomic E-state index is 14.2. The molecule has 98 valence electrons. The Morgan fingerprint density at radius 1 is 1.06 bits per heavy atom. The molecule has 0 spiro atoms. The highest BCUT2D eigenvalue weighted by atomic mass is 19.1. The van der Waals surface area contributed by atoms with Gasteiger partial charge in [-0.05, 0) is 50.3 Å². The van der Waals surface area contributed by atoms with Gasteiger partial charge in [-0.25, -0.2) is 4.39 Å². The summed E-state index contributed by atoms with van der Waals surface area (Å²) in [5.74, 6) is 0.320. The third-order valence-electron chi connectivity index (χ3n) is 3.31. The summed E-state index contributed by atoms with van der Waals surface area (Å²) in [7, 11) is 0.